The lowest BCUT2D eigenvalue weighted by Crippen LogP contribution is -2.38. The molecule has 0 aromatic heterocycles. The van der Waals surface area contributed by atoms with E-state index in [-0.39, 0.29) is 24.4 Å². The summed E-state index contributed by atoms with van der Waals surface area (Å²) in [5.74, 6) is -0.843. The molecule has 21 heavy (non-hydrogen) atoms. The summed E-state index contributed by atoms with van der Waals surface area (Å²) >= 11 is 0. The molecule has 6 heteroatoms. The fourth-order valence-corrected chi connectivity index (χ4v) is 2.08. The number of hydrogen-bond acceptors (Lipinski definition) is 4. The second kappa shape index (κ2) is 6.39. The van der Waals surface area contributed by atoms with Crippen molar-refractivity contribution in [2.75, 3.05) is 19.0 Å². The highest BCUT2D eigenvalue weighted by molar-refractivity contribution is 5.96. The molecule has 2 rings (SSSR count). The van der Waals surface area contributed by atoms with E-state index in [1.54, 1.807) is 29.2 Å². The van der Waals surface area contributed by atoms with Crippen LogP contribution in [0.4, 0.5) is 5.69 Å². The highest BCUT2D eigenvalue weighted by Gasteiger charge is 2.32. The van der Waals surface area contributed by atoms with Gasteiger partial charge >= 0.3 is 5.97 Å². The molecule has 0 spiro atoms. The van der Waals surface area contributed by atoms with Gasteiger partial charge < -0.3 is 15.0 Å². The summed E-state index contributed by atoms with van der Waals surface area (Å²) in [6, 6.07) is 6.67. The number of esters is 1. The van der Waals surface area contributed by atoms with Gasteiger partial charge in [-0.3, -0.25) is 9.59 Å². The Labute approximate surface area is 123 Å². The van der Waals surface area contributed by atoms with E-state index >= 15 is 0 Å². The zero-order chi connectivity index (χ0) is 15.4. The molecule has 0 radical (unpaired) electrons. The Balaban J connectivity index is 1.99. The minimum absolute atomic E-state index is 0.0302. The highest BCUT2D eigenvalue weighted by Crippen LogP contribution is 2.26. The van der Waals surface area contributed by atoms with Gasteiger partial charge in [-0.25, -0.2) is 4.79 Å². The Hall–Kier alpha value is -2.37. The minimum Gasteiger partial charge on any atom is -0.465 e. The van der Waals surface area contributed by atoms with Gasteiger partial charge in [-0.15, -0.1) is 0 Å². The molecule has 0 aliphatic heterocycles. The van der Waals surface area contributed by atoms with Crippen LogP contribution in [-0.2, 0) is 14.3 Å². The molecule has 1 N–H and O–H groups in total. The molecule has 6 nitrogen and oxygen atoms in total. The largest absolute Gasteiger partial charge is 0.465 e. The molecule has 0 heterocycles. The molecular formula is C15H18N2O4. The number of nitrogens with one attached hydrogen (secondary N) is 1. The van der Waals surface area contributed by atoms with Crippen molar-refractivity contribution >= 4 is 23.5 Å². The van der Waals surface area contributed by atoms with Crippen LogP contribution in [0, 0.1) is 0 Å². The lowest BCUT2D eigenvalue weighted by atomic mass is 10.2. The maximum Gasteiger partial charge on any atom is 0.337 e. The Kier molecular flexibility index (Phi) is 4.57. The summed E-state index contributed by atoms with van der Waals surface area (Å²) in [7, 11) is 1.30. The fraction of sp³-hybridized carbons (Fsp3) is 0.400. The van der Waals surface area contributed by atoms with Gasteiger partial charge in [0, 0.05) is 18.7 Å². The number of hydrogen-bond donors (Lipinski definition) is 1. The number of benzene rings is 1. The van der Waals surface area contributed by atoms with Crippen molar-refractivity contribution in [1.82, 2.24) is 4.90 Å². The van der Waals surface area contributed by atoms with Crippen molar-refractivity contribution < 1.29 is 19.1 Å². The number of rotatable bonds is 5. The van der Waals surface area contributed by atoms with Gasteiger partial charge in [-0.1, -0.05) is 6.07 Å². The van der Waals surface area contributed by atoms with E-state index in [1.165, 1.54) is 14.0 Å². The van der Waals surface area contributed by atoms with Gasteiger partial charge in [-0.05, 0) is 31.0 Å². The Bertz CT molecular complexity index is 567. The van der Waals surface area contributed by atoms with Crippen molar-refractivity contribution in [2.45, 2.75) is 25.8 Å². The molecular weight excluding hydrogens is 272 g/mol. The average molecular weight is 290 g/mol. The van der Waals surface area contributed by atoms with Crippen LogP contribution >= 0.6 is 0 Å². The summed E-state index contributed by atoms with van der Waals surface area (Å²) in [4.78, 5) is 36.5. The SMILES string of the molecule is COC(=O)c1cccc(NC(=O)CN(C(C)=O)C2CC2)c1. The van der Waals surface area contributed by atoms with E-state index < -0.39 is 5.97 Å². The van der Waals surface area contributed by atoms with Gasteiger partial charge in [-0.2, -0.15) is 0 Å². The molecule has 1 fully saturated rings. The first kappa shape index (κ1) is 15.0. The summed E-state index contributed by atoms with van der Waals surface area (Å²) < 4.78 is 4.63. The highest BCUT2D eigenvalue weighted by atomic mass is 16.5. The van der Waals surface area contributed by atoms with Gasteiger partial charge in [0.2, 0.25) is 11.8 Å². The average Bonchev–Trinajstić information content (AvgIpc) is 3.28. The Morgan fingerprint density at radius 2 is 2.05 bits per heavy atom. The third kappa shape index (κ3) is 4.05. The quantitative estimate of drug-likeness (QED) is 0.832. The predicted octanol–water partition coefficient (Wildman–Crippen LogP) is 1.42. The summed E-state index contributed by atoms with van der Waals surface area (Å²) in [5, 5.41) is 2.69. The van der Waals surface area contributed by atoms with Crippen molar-refractivity contribution in [1.29, 1.82) is 0 Å². The van der Waals surface area contributed by atoms with Gasteiger partial charge in [0.05, 0.1) is 12.7 Å². The first-order chi connectivity index (χ1) is 10.0. The molecule has 1 saturated carbocycles. The second-order valence-electron chi connectivity index (χ2n) is 5.00. The topological polar surface area (TPSA) is 75.7 Å². The summed E-state index contributed by atoms with van der Waals surface area (Å²) in [6.45, 7) is 1.49. The van der Waals surface area contributed by atoms with Crippen LogP contribution in [0.3, 0.4) is 0 Å². The maximum absolute atomic E-state index is 12.0. The Morgan fingerprint density at radius 3 is 2.62 bits per heavy atom. The van der Waals surface area contributed by atoms with E-state index in [4.69, 9.17) is 0 Å². The lowest BCUT2D eigenvalue weighted by molar-refractivity contribution is -0.133. The van der Waals surface area contributed by atoms with Gasteiger partial charge in [0.25, 0.3) is 0 Å². The molecule has 1 aromatic rings. The molecule has 0 bridgehead atoms. The molecule has 1 aliphatic carbocycles. The van der Waals surface area contributed by atoms with Crippen molar-refractivity contribution in [3.63, 3.8) is 0 Å². The number of amides is 2. The van der Waals surface area contributed by atoms with Crippen LogP contribution < -0.4 is 5.32 Å². The van der Waals surface area contributed by atoms with Crippen LogP contribution in [0.5, 0.6) is 0 Å². The van der Waals surface area contributed by atoms with Crippen LogP contribution in [0.2, 0.25) is 0 Å². The smallest absolute Gasteiger partial charge is 0.337 e. The number of ether oxygens (including phenoxy) is 1. The normalized spacial score (nSPS) is 13.4. The van der Waals surface area contributed by atoms with Gasteiger partial charge in [0.15, 0.2) is 0 Å². The van der Waals surface area contributed by atoms with Crippen molar-refractivity contribution in [3.8, 4) is 0 Å². The molecule has 0 unspecified atom stereocenters. The van der Waals surface area contributed by atoms with Crippen LogP contribution in [0.1, 0.15) is 30.1 Å². The van der Waals surface area contributed by atoms with Crippen LogP contribution in [0.25, 0.3) is 0 Å². The summed E-state index contributed by atoms with van der Waals surface area (Å²) in [5.41, 5.74) is 0.864. The first-order valence-corrected chi connectivity index (χ1v) is 6.76. The number of methoxy groups -OCH3 is 1. The van der Waals surface area contributed by atoms with E-state index in [0.29, 0.717) is 11.3 Å². The third-order valence-corrected chi connectivity index (χ3v) is 3.27. The van der Waals surface area contributed by atoms with Crippen LogP contribution in [0.15, 0.2) is 24.3 Å². The third-order valence-electron chi connectivity index (χ3n) is 3.27. The minimum atomic E-state index is -0.463. The van der Waals surface area contributed by atoms with E-state index in [0.717, 1.165) is 12.8 Å². The number of carbonyl (C=O) groups excluding carboxylic acids is 3. The number of nitrogens with zero attached hydrogens (tertiary/aromatic N) is 1. The fourth-order valence-electron chi connectivity index (χ4n) is 2.08. The zero-order valence-electron chi connectivity index (χ0n) is 12.1. The Morgan fingerprint density at radius 1 is 1.33 bits per heavy atom. The predicted molar refractivity (Wildman–Crippen MR) is 76.8 cm³/mol. The van der Waals surface area contributed by atoms with E-state index in [2.05, 4.69) is 10.1 Å². The number of carbonyl (C=O) groups is 3. The van der Waals surface area contributed by atoms with E-state index in [1.807, 2.05) is 0 Å². The maximum atomic E-state index is 12.0. The summed E-state index contributed by atoms with van der Waals surface area (Å²) in [6.07, 6.45) is 1.90. The zero-order valence-corrected chi connectivity index (χ0v) is 12.1. The van der Waals surface area contributed by atoms with E-state index in [9.17, 15) is 14.4 Å². The first-order valence-electron chi connectivity index (χ1n) is 6.76. The standard InChI is InChI=1S/C15H18N2O4/c1-10(18)17(13-6-7-13)9-14(19)16-12-5-3-4-11(8-12)15(20)21-2/h3-5,8,13H,6-7,9H2,1-2H3,(H,16,19). The molecule has 2 amide bonds. The van der Waals surface area contributed by atoms with Crippen LogP contribution in [-0.4, -0.2) is 42.4 Å². The molecule has 0 saturated heterocycles. The second-order valence-corrected chi connectivity index (χ2v) is 5.00. The molecule has 1 aromatic carbocycles. The molecule has 112 valence electrons. The molecule has 0 atom stereocenters. The van der Waals surface area contributed by atoms with Crippen molar-refractivity contribution in [2.24, 2.45) is 0 Å². The monoisotopic (exact) mass is 290 g/mol. The van der Waals surface area contributed by atoms with Gasteiger partial charge in [0.1, 0.15) is 6.54 Å². The molecule has 1 aliphatic rings. The number of anilines is 1. The van der Waals surface area contributed by atoms with Crippen molar-refractivity contribution in [3.05, 3.63) is 29.8 Å². The lowest BCUT2D eigenvalue weighted by Gasteiger charge is -2.19.